The van der Waals surface area contributed by atoms with Crippen LogP contribution in [0.5, 0.6) is 0 Å². The molecule has 0 aliphatic rings. The van der Waals surface area contributed by atoms with Crippen LogP contribution in [0, 0.1) is 0 Å². The summed E-state index contributed by atoms with van der Waals surface area (Å²) in [5.41, 5.74) is 0. The minimum atomic E-state index is -2.78. The maximum Gasteiger partial charge on any atom is 0.171 e. The van der Waals surface area contributed by atoms with Crippen molar-refractivity contribution in [2.24, 2.45) is 0 Å². The van der Waals surface area contributed by atoms with Crippen molar-refractivity contribution in [3.05, 3.63) is 91.0 Å². The molecule has 0 bridgehead atoms. The minimum Gasteiger partial charge on any atom is -0.309 e. The van der Waals surface area contributed by atoms with Crippen molar-refractivity contribution in [3.8, 4) is 0 Å². The summed E-state index contributed by atoms with van der Waals surface area (Å²) in [6, 6.07) is 29.1. The van der Waals surface area contributed by atoms with E-state index in [1.54, 1.807) is 0 Å². The van der Waals surface area contributed by atoms with E-state index < -0.39 is 7.14 Å². The van der Waals surface area contributed by atoms with Crippen molar-refractivity contribution in [1.29, 1.82) is 0 Å². The Morgan fingerprint density at radius 2 is 0.714 bits per heavy atom. The molecule has 0 aliphatic carbocycles. The maximum absolute atomic E-state index is 13.8. The molecule has 0 aliphatic heterocycles. The van der Waals surface area contributed by atoms with Crippen molar-refractivity contribution in [1.82, 2.24) is 0 Å². The molecule has 0 N–H and O–H groups in total. The standard InChI is InChI=1S/C18H15OP.Pd/c19-20(16-10-4-1-5-11-16,17-12-6-2-7-13-17)18-14-8-3-9-15-18;/h1-15H;. The second-order valence-electron chi connectivity index (χ2n) is 4.62. The smallest absolute Gasteiger partial charge is 0.171 e. The van der Waals surface area contributed by atoms with Crippen molar-refractivity contribution < 1.29 is 25.0 Å². The largest absolute Gasteiger partial charge is 0.309 e. The van der Waals surface area contributed by atoms with Gasteiger partial charge in [0.05, 0.1) is 0 Å². The van der Waals surface area contributed by atoms with Crippen LogP contribution in [0.3, 0.4) is 0 Å². The van der Waals surface area contributed by atoms with E-state index in [0.717, 1.165) is 15.9 Å². The molecule has 108 valence electrons. The van der Waals surface area contributed by atoms with Gasteiger partial charge in [-0.1, -0.05) is 91.0 Å². The molecule has 3 aromatic rings. The fourth-order valence-electron chi connectivity index (χ4n) is 2.36. The molecular weight excluding hydrogens is 370 g/mol. The van der Waals surface area contributed by atoms with Gasteiger partial charge >= 0.3 is 0 Å². The SMILES string of the molecule is O=P(c1ccccc1)(c1ccccc1)c1ccccc1.[Pd]. The van der Waals surface area contributed by atoms with Gasteiger partial charge < -0.3 is 4.57 Å². The zero-order chi connectivity index (χ0) is 13.8. The van der Waals surface area contributed by atoms with Crippen molar-refractivity contribution >= 4 is 23.1 Å². The zero-order valence-electron chi connectivity index (χ0n) is 11.3. The van der Waals surface area contributed by atoms with Crippen LogP contribution >= 0.6 is 7.14 Å². The number of rotatable bonds is 3. The predicted molar refractivity (Wildman–Crippen MR) is 85.8 cm³/mol. The molecule has 0 unspecified atom stereocenters. The van der Waals surface area contributed by atoms with Gasteiger partial charge in [0, 0.05) is 36.3 Å². The average Bonchev–Trinajstić information content (AvgIpc) is 2.56. The van der Waals surface area contributed by atoms with Crippen LogP contribution in [0.15, 0.2) is 91.0 Å². The van der Waals surface area contributed by atoms with Crippen molar-refractivity contribution in [2.75, 3.05) is 0 Å². The second kappa shape index (κ2) is 7.01. The van der Waals surface area contributed by atoms with E-state index in [0.29, 0.717) is 0 Å². The third kappa shape index (κ3) is 3.09. The molecule has 0 radical (unpaired) electrons. The molecule has 0 spiro atoms. The van der Waals surface area contributed by atoms with E-state index in [4.69, 9.17) is 0 Å². The third-order valence-corrected chi connectivity index (χ3v) is 6.44. The third-order valence-electron chi connectivity index (χ3n) is 3.36. The van der Waals surface area contributed by atoms with Gasteiger partial charge in [0.15, 0.2) is 7.14 Å². The summed E-state index contributed by atoms with van der Waals surface area (Å²) in [5.74, 6) is 0. The van der Waals surface area contributed by atoms with E-state index in [1.807, 2.05) is 91.0 Å². The second-order valence-corrected chi connectivity index (χ2v) is 7.38. The van der Waals surface area contributed by atoms with Crippen LogP contribution in [-0.2, 0) is 25.0 Å². The summed E-state index contributed by atoms with van der Waals surface area (Å²) in [7, 11) is -2.78. The summed E-state index contributed by atoms with van der Waals surface area (Å²) in [4.78, 5) is 0. The molecular formula is C18H15OPPd. The summed E-state index contributed by atoms with van der Waals surface area (Å²) >= 11 is 0. The van der Waals surface area contributed by atoms with Crippen molar-refractivity contribution in [2.45, 2.75) is 0 Å². The monoisotopic (exact) mass is 384 g/mol. The van der Waals surface area contributed by atoms with Crippen LogP contribution < -0.4 is 15.9 Å². The first kappa shape index (κ1) is 15.9. The molecule has 0 saturated heterocycles. The van der Waals surface area contributed by atoms with Gasteiger partial charge in [-0.2, -0.15) is 0 Å². The molecule has 0 amide bonds. The molecule has 3 aromatic carbocycles. The molecule has 1 nitrogen and oxygen atoms in total. The Bertz CT molecular complexity index is 624. The minimum absolute atomic E-state index is 0. The number of hydrogen-bond donors (Lipinski definition) is 0. The molecule has 3 heteroatoms. The van der Waals surface area contributed by atoms with E-state index in [9.17, 15) is 4.57 Å². The Kier molecular flexibility index (Phi) is 5.32. The number of hydrogen-bond acceptors (Lipinski definition) is 1. The maximum atomic E-state index is 13.8. The molecule has 0 aromatic heterocycles. The van der Waals surface area contributed by atoms with Crippen molar-refractivity contribution in [3.63, 3.8) is 0 Å². The van der Waals surface area contributed by atoms with Gasteiger partial charge in [-0.3, -0.25) is 0 Å². The summed E-state index contributed by atoms with van der Waals surface area (Å²) in [5, 5.41) is 2.62. The topological polar surface area (TPSA) is 17.1 Å². The quantitative estimate of drug-likeness (QED) is 0.500. The van der Waals surface area contributed by atoms with Gasteiger partial charge in [0.2, 0.25) is 0 Å². The first-order chi connectivity index (χ1) is 9.82. The molecule has 0 saturated carbocycles. The Balaban J connectivity index is 0.00000161. The van der Waals surface area contributed by atoms with E-state index in [2.05, 4.69) is 0 Å². The fraction of sp³-hybridized carbons (Fsp3) is 0. The summed E-state index contributed by atoms with van der Waals surface area (Å²) < 4.78 is 13.8. The first-order valence-electron chi connectivity index (χ1n) is 6.59. The number of benzene rings is 3. The van der Waals surface area contributed by atoms with Crippen LogP contribution in [0.1, 0.15) is 0 Å². The Morgan fingerprint density at radius 3 is 0.952 bits per heavy atom. The Labute approximate surface area is 139 Å². The zero-order valence-corrected chi connectivity index (χ0v) is 13.8. The van der Waals surface area contributed by atoms with Gasteiger partial charge in [0.1, 0.15) is 0 Å². The predicted octanol–water partition coefficient (Wildman–Crippen LogP) is 3.32. The van der Waals surface area contributed by atoms with E-state index >= 15 is 0 Å². The van der Waals surface area contributed by atoms with Gasteiger partial charge in [-0.05, 0) is 0 Å². The van der Waals surface area contributed by atoms with Gasteiger partial charge in [-0.25, -0.2) is 0 Å². The van der Waals surface area contributed by atoms with Crippen LogP contribution in [0.4, 0.5) is 0 Å². The van der Waals surface area contributed by atoms with E-state index in [-0.39, 0.29) is 20.4 Å². The van der Waals surface area contributed by atoms with Crippen LogP contribution in [0.25, 0.3) is 0 Å². The Morgan fingerprint density at radius 1 is 0.476 bits per heavy atom. The summed E-state index contributed by atoms with van der Waals surface area (Å²) in [6.07, 6.45) is 0. The van der Waals surface area contributed by atoms with Crippen LogP contribution in [0.2, 0.25) is 0 Å². The van der Waals surface area contributed by atoms with E-state index in [1.165, 1.54) is 0 Å². The summed E-state index contributed by atoms with van der Waals surface area (Å²) in [6.45, 7) is 0. The molecule has 0 fully saturated rings. The molecule has 0 atom stereocenters. The Hall–Kier alpha value is -1.45. The molecule has 3 rings (SSSR count). The fourth-order valence-corrected chi connectivity index (χ4v) is 5.03. The first-order valence-corrected chi connectivity index (χ1v) is 8.29. The molecule has 0 heterocycles. The molecule has 21 heavy (non-hydrogen) atoms. The van der Waals surface area contributed by atoms with Crippen LogP contribution in [-0.4, -0.2) is 0 Å². The normalized spacial score (nSPS) is 10.7. The van der Waals surface area contributed by atoms with Gasteiger partial charge in [0.25, 0.3) is 0 Å². The average molecular weight is 385 g/mol. The van der Waals surface area contributed by atoms with Gasteiger partial charge in [-0.15, -0.1) is 0 Å².